The minimum Gasteiger partial charge on any atom is -0.326 e. The van der Waals surface area contributed by atoms with Gasteiger partial charge in [0.15, 0.2) is 4.34 Å². The van der Waals surface area contributed by atoms with Crippen molar-refractivity contribution in [2.24, 2.45) is 0 Å². The van der Waals surface area contributed by atoms with Crippen LogP contribution in [-0.2, 0) is 4.79 Å². The molecule has 0 saturated heterocycles. The van der Waals surface area contributed by atoms with Gasteiger partial charge in [-0.25, -0.2) is 4.98 Å². The molecule has 1 aromatic heterocycles. The summed E-state index contributed by atoms with van der Waals surface area (Å²) in [5.41, 5.74) is 1.83. The Morgan fingerprint density at radius 3 is 3.06 bits per heavy atom. The summed E-state index contributed by atoms with van der Waals surface area (Å²) in [5, 5.41) is 2.77. The first-order valence-electron chi connectivity index (χ1n) is 5.00. The Morgan fingerprint density at radius 1 is 1.56 bits per heavy atom. The van der Waals surface area contributed by atoms with Crippen molar-refractivity contribution in [3.63, 3.8) is 0 Å². The Balaban J connectivity index is 2.33. The maximum atomic E-state index is 10.9. The first kappa shape index (κ1) is 11.4. The van der Waals surface area contributed by atoms with E-state index in [1.54, 1.807) is 23.1 Å². The van der Waals surface area contributed by atoms with E-state index in [1.165, 1.54) is 6.92 Å². The summed E-state index contributed by atoms with van der Waals surface area (Å²) in [6.07, 6.45) is 0. The monoisotopic (exact) mass is 252 g/mol. The molecule has 0 aliphatic rings. The molecule has 1 N–H and O–H groups in total. The Kier molecular flexibility index (Phi) is 3.46. The van der Waals surface area contributed by atoms with Gasteiger partial charge in [0, 0.05) is 12.6 Å². The van der Waals surface area contributed by atoms with Crippen molar-refractivity contribution in [3.8, 4) is 0 Å². The normalized spacial score (nSPS) is 10.6. The van der Waals surface area contributed by atoms with E-state index in [1.807, 2.05) is 18.2 Å². The molecule has 3 nitrogen and oxygen atoms in total. The molecule has 0 fully saturated rings. The maximum absolute atomic E-state index is 10.9. The molecule has 0 unspecified atom stereocenters. The van der Waals surface area contributed by atoms with Gasteiger partial charge in [-0.15, -0.1) is 11.3 Å². The van der Waals surface area contributed by atoms with Crippen LogP contribution < -0.4 is 5.32 Å². The largest absolute Gasteiger partial charge is 0.326 e. The third-order valence-corrected chi connectivity index (χ3v) is 4.00. The molecule has 5 heteroatoms. The second kappa shape index (κ2) is 4.84. The van der Waals surface area contributed by atoms with Gasteiger partial charge in [-0.05, 0) is 24.0 Å². The molecule has 0 aliphatic heterocycles. The van der Waals surface area contributed by atoms with E-state index in [4.69, 9.17) is 0 Å². The standard InChI is InChI=1S/C11H12N2OS2/c1-3-15-11-13-9-5-4-8(12-7(2)14)6-10(9)16-11/h4-6H,3H2,1-2H3,(H,12,14). The number of amides is 1. The number of carbonyl (C=O) groups is 1. The lowest BCUT2D eigenvalue weighted by Crippen LogP contribution is -2.05. The molecule has 0 aliphatic carbocycles. The highest BCUT2D eigenvalue weighted by molar-refractivity contribution is 8.01. The number of nitrogens with zero attached hydrogens (tertiary/aromatic N) is 1. The van der Waals surface area contributed by atoms with Crippen LogP contribution in [-0.4, -0.2) is 16.6 Å². The van der Waals surface area contributed by atoms with Crippen molar-refractivity contribution < 1.29 is 4.79 Å². The van der Waals surface area contributed by atoms with Crippen molar-refractivity contribution in [2.75, 3.05) is 11.1 Å². The van der Waals surface area contributed by atoms with E-state index in [2.05, 4.69) is 17.2 Å². The van der Waals surface area contributed by atoms with Crippen LogP contribution in [0.15, 0.2) is 22.5 Å². The van der Waals surface area contributed by atoms with Gasteiger partial charge in [0.1, 0.15) is 0 Å². The number of nitrogens with one attached hydrogen (secondary N) is 1. The molecular formula is C11H12N2OS2. The summed E-state index contributed by atoms with van der Waals surface area (Å²) in [5.74, 6) is 0.977. The minimum absolute atomic E-state index is 0.0491. The molecule has 0 saturated carbocycles. The minimum atomic E-state index is -0.0491. The zero-order valence-electron chi connectivity index (χ0n) is 9.11. The lowest BCUT2D eigenvalue weighted by molar-refractivity contribution is -0.114. The molecule has 0 bridgehead atoms. The van der Waals surface area contributed by atoms with Gasteiger partial charge in [-0.1, -0.05) is 18.7 Å². The van der Waals surface area contributed by atoms with E-state index < -0.39 is 0 Å². The Morgan fingerprint density at radius 2 is 2.38 bits per heavy atom. The fourth-order valence-corrected chi connectivity index (χ4v) is 3.37. The first-order chi connectivity index (χ1) is 7.69. The van der Waals surface area contributed by atoms with Crippen LogP contribution in [0.3, 0.4) is 0 Å². The van der Waals surface area contributed by atoms with E-state index in [0.29, 0.717) is 0 Å². The molecule has 1 aromatic carbocycles. The van der Waals surface area contributed by atoms with Crippen LogP contribution in [0.4, 0.5) is 5.69 Å². The van der Waals surface area contributed by atoms with Crippen molar-refractivity contribution in [3.05, 3.63) is 18.2 Å². The number of carbonyl (C=O) groups excluding carboxylic acids is 1. The number of hydrogen-bond donors (Lipinski definition) is 1. The van der Waals surface area contributed by atoms with E-state index >= 15 is 0 Å². The number of benzene rings is 1. The average Bonchev–Trinajstić information content (AvgIpc) is 2.59. The predicted molar refractivity (Wildman–Crippen MR) is 70.3 cm³/mol. The topological polar surface area (TPSA) is 42.0 Å². The van der Waals surface area contributed by atoms with Gasteiger partial charge in [0.2, 0.25) is 5.91 Å². The third-order valence-electron chi connectivity index (χ3n) is 1.96. The Labute approximate surface area is 102 Å². The quantitative estimate of drug-likeness (QED) is 0.852. The number of thiazole rings is 1. The average molecular weight is 252 g/mol. The van der Waals surface area contributed by atoms with E-state index in [9.17, 15) is 4.79 Å². The summed E-state index contributed by atoms with van der Waals surface area (Å²) in [4.78, 5) is 15.4. The van der Waals surface area contributed by atoms with Crippen LogP contribution in [0.5, 0.6) is 0 Å². The van der Waals surface area contributed by atoms with Crippen LogP contribution in [0.1, 0.15) is 13.8 Å². The summed E-state index contributed by atoms with van der Waals surface area (Å²) in [6, 6.07) is 5.79. The highest BCUT2D eigenvalue weighted by atomic mass is 32.2. The zero-order chi connectivity index (χ0) is 11.5. The Hall–Kier alpha value is -1.07. The van der Waals surface area contributed by atoms with Gasteiger partial charge in [0.25, 0.3) is 0 Å². The smallest absolute Gasteiger partial charge is 0.221 e. The lowest BCUT2D eigenvalue weighted by Gasteiger charge is -1.99. The first-order valence-corrected chi connectivity index (χ1v) is 6.80. The number of rotatable bonds is 3. The molecule has 0 atom stereocenters. The molecule has 84 valence electrons. The van der Waals surface area contributed by atoms with Crippen LogP contribution in [0, 0.1) is 0 Å². The zero-order valence-corrected chi connectivity index (χ0v) is 10.7. The molecule has 2 rings (SSSR count). The summed E-state index contributed by atoms with van der Waals surface area (Å²) >= 11 is 3.40. The molecule has 1 heterocycles. The van der Waals surface area contributed by atoms with Gasteiger partial charge >= 0.3 is 0 Å². The lowest BCUT2D eigenvalue weighted by atomic mass is 10.3. The van der Waals surface area contributed by atoms with Crippen molar-refractivity contribution in [2.45, 2.75) is 18.2 Å². The van der Waals surface area contributed by atoms with Gasteiger partial charge in [-0.3, -0.25) is 4.79 Å². The van der Waals surface area contributed by atoms with Crippen LogP contribution in [0.2, 0.25) is 0 Å². The predicted octanol–water partition coefficient (Wildman–Crippen LogP) is 3.37. The van der Waals surface area contributed by atoms with E-state index in [-0.39, 0.29) is 5.91 Å². The molecule has 16 heavy (non-hydrogen) atoms. The fourth-order valence-electron chi connectivity index (χ4n) is 1.37. The van der Waals surface area contributed by atoms with Crippen LogP contribution in [0.25, 0.3) is 10.2 Å². The summed E-state index contributed by atoms with van der Waals surface area (Å²) in [7, 11) is 0. The number of fused-ring (bicyclic) bond motifs is 1. The van der Waals surface area contributed by atoms with E-state index in [0.717, 1.165) is 26.0 Å². The highest BCUT2D eigenvalue weighted by Crippen LogP contribution is 2.30. The molecule has 0 radical (unpaired) electrons. The van der Waals surface area contributed by atoms with Crippen molar-refractivity contribution >= 4 is 44.9 Å². The highest BCUT2D eigenvalue weighted by Gasteiger charge is 2.04. The van der Waals surface area contributed by atoms with Crippen molar-refractivity contribution in [1.29, 1.82) is 0 Å². The number of hydrogen-bond acceptors (Lipinski definition) is 4. The fraction of sp³-hybridized carbons (Fsp3) is 0.273. The second-order valence-corrected chi connectivity index (χ2v) is 5.82. The molecule has 1 amide bonds. The molecular weight excluding hydrogens is 240 g/mol. The Bertz CT molecular complexity index is 522. The number of anilines is 1. The van der Waals surface area contributed by atoms with Gasteiger partial charge in [-0.2, -0.15) is 0 Å². The van der Waals surface area contributed by atoms with Crippen molar-refractivity contribution in [1.82, 2.24) is 4.98 Å². The SMILES string of the molecule is CCSc1nc2ccc(NC(C)=O)cc2s1. The number of thioether (sulfide) groups is 1. The maximum Gasteiger partial charge on any atom is 0.221 e. The summed E-state index contributed by atoms with van der Waals surface area (Å²) in [6.45, 7) is 3.62. The summed E-state index contributed by atoms with van der Waals surface area (Å²) < 4.78 is 2.19. The van der Waals surface area contributed by atoms with Gasteiger partial charge < -0.3 is 5.32 Å². The molecule has 2 aromatic rings. The van der Waals surface area contributed by atoms with Crippen LogP contribution >= 0.6 is 23.1 Å². The van der Waals surface area contributed by atoms with Gasteiger partial charge in [0.05, 0.1) is 10.2 Å². The number of aromatic nitrogens is 1. The second-order valence-electron chi connectivity index (χ2n) is 3.28. The third kappa shape index (κ3) is 2.54. The molecule has 0 spiro atoms.